The topological polar surface area (TPSA) is 85.0 Å². The zero-order valence-electron chi connectivity index (χ0n) is 16.7. The maximum absolute atomic E-state index is 13.0. The van der Waals surface area contributed by atoms with Crippen molar-refractivity contribution < 1.29 is 8.78 Å². The first-order valence-electron chi connectivity index (χ1n) is 9.91. The SMILES string of the molecule is CNC1CC(Nc2ncc3c(-c4cnc5nc(C)n(CC(F)F)c5c4)ccn3n2)C1. The van der Waals surface area contributed by atoms with Crippen molar-refractivity contribution >= 4 is 22.6 Å². The maximum atomic E-state index is 13.0. The van der Waals surface area contributed by atoms with E-state index in [1.807, 2.05) is 25.4 Å². The number of rotatable bonds is 6. The van der Waals surface area contributed by atoms with Gasteiger partial charge in [-0.25, -0.2) is 28.2 Å². The van der Waals surface area contributed by atoms with Crippen LogP contribution in [-0.2, 0) is 6.54 Å². The number of anilines is 1. The molecule has 0 unspecified atom stereocenters. The van der Waals surface area contributed by atoms with Gasteiger partial charge in [0.25, 0.3) is 6.43 Å². The van der Waals surface area contributed by atoms with Crippen molar-refractivity contribution in [1.29, 1.82) is 0 Å². The number of nitrogens with zero attached hydrogens (tertiary/aromatic N) is 6. The Hall–Kier alpha value is -3.14. The second kappa shape index (κ2) is 7.28. The highest BCUT2D eigenvalue weighted by atomic mass is 19.3. The number of alkyl halides is 2. The predicted octanol–water partition coefficient (Wildman–Crippen LogP) is 2.88. The minimum atomic E-state index is -2.46. The number of nitrogens with one attached hydrogen (secondary N) is 2. The summed E-state index contributed by atoms with van der Waals surface area (Å²) in [6.45, 7) is 1.30. The van der Waals surface area contributed by atoms with E-state index in [2.05, 4.69) is 30.7 Å². The molecule has 4 aromatic rings. The Morgan fingerprint density at radius 2 is 2.00 bits per heavy atom. The summed E-state index contributed by atoms with van der Waals surface area (Å²) in [5.41, 5.74) is 3.56. The van der Waals surface area contributed by atoms with Crippen LogP contribution in [0.25, 0.3) is 27.8 Å². The number of hydrogen-bond acceptors (Lipinski definition) is 6. The lowest BCUT2D eigenvalue weighted by atomic mass is 9.87. The van der Waals surface area contributed by atoms with Gasteiger partial charge < -0.3 is 15.2 Å². The van der Waals surface area contributed by atoms with Crippen LogP contribution in [0, 0.1) is 6.92 Å². The number of pyridine rings is 1. The van der Waals surface area contributed by atoms with Crippen LogP contribution in [0.3, 0.4) is 0 Å². The van der Waals surface area contributed by atoms with Gasteiger partial charge >= 0.3 is 0 Å². The van der Waals surface area contributed by atoms with Gasteiger partial charge in [0, 0.05) is 35.6 Å². The van der Waals surface area contributed by atoms with E-state index in [0.29, 0.717) is 35.0 Å². The number of imidazole rings is 1. The molecule has 1 aliphatic rings. The number of halogens is 2. The monoisotopic (exact) mass is 412 g/mol. The smallest absolute Gasteiger partial charge is 0.256 e. The second-order valence-electron chi connectivity index (χ2n) is 7.67. The van der Waals surface area contributed by atoms with Gasteiger partial charge in [0.2, 0.25) is 5.95 Å². The van der Waals surface area contributed by atoms with Crippen molar-refractivity contribution in [2.75, 3.05) is 12.4 Å². The van der Waals surface area contributed by atoms with Crippen molar-refractivity contribution in [2.24, 2.45) is 0 Å². The molecule has 4 heterocycles. The molecule has 0 bridgehead atoms. The van der Waals surface area contributed by atoms with Crippen molar-refractivity contribution in [1.82, 2.24) is 34.4 Å². The molecule has 1 aliphatic carbocycles. The van der Waals surface area contributed by atoms with Gasteiger partial charge in [-0.1, -0.05) is 0 Å². The summed E-state index contributed by atoms with van der Waals surface area (Å²) >= 11 is 0. The largest absolute Gasteiger partial charge is 0.350 e. The standard InChI is InChI=1S/C20H22F2N8/c1-11-26-19-16(29(11)10-18(21)22)5-12(8-24-19)15-3-4-30-17(15)9-25-20(28-30)27-14-6-13(7-14)23-2/h3-5,8-9,13-14,18,23H,6-7,10H2,1-2H3,(H,27,28). The number of aryl methyl sites for hydroxylation is 1. The van der Waals surface area contributed by atoms with Crippen LogP contribution in [0.4, 0.5) is 14.7 Å². The third kappa shape index (κ3) is 3.26. The van der Waals surface area contributed by atoms with Crippen LogP contribution < -0.4 is 10.6 Å². The molecule has 156 valence electrons. The van der Waals surface area contributed by atoms with Crippen molar-refractivity contribution in [3.05, 3.63) is 36.5 Å². The quantitative estimate of drug-likeness (QED) is 0.507. The molecule has 1 fully saturated rings. The van der Waals surface area contributed by atoms with Crippen LogP contribution in [0.15, 0.2) is 30.7 Å². The third-order valence-electron chi connectivity index (χ3n) is 5.72. The summed E-state index contributed by atoms with van der Waals surface area (Å²) in [6.07, 6.45) is 4.97. The fraction of sp³-hybridized carbons (Fsp3) is 0.400. The lowest BCUT2D eigenvalue weighted by Crippen LogP contribution is -2.46. The predicted molar refractivity (Wildman–Crippen MR) is 110 cm³/mol. The van der Waals surface area contributed by atoms with Gasteiger partial charge in [-0.05, 0) is 38.9 Å². The highest BCUT2D eigenvalue weighted by Crippen LogP contribution is 2.28. The average Bonchev–Trinajstić information content (AvgIpc) is 3.24. The van der Waals surface area contributed by atoms with E-state index in [4.69, 9.17) is 0 Å². The minimum absolute atomic E-state index is 0.375. The summed E-state index contributed by atoms with van der Waals surface area (Å²) in [6, 6.07) is 4.70. The Labute approximate surface area is 171 Å². The third-order valence-corrected chi connectivity index (χ3v) is 5.72. The summed E-state index contributed by atoms with van der Waals surface area (Å²) in [5, 5.41) is 11.2. The second-order valence-corrected chi connectivity index (χ2v) is 7.67. The molecule has 0 aliphatic heterocycles. The van der Waals surface area contributed by atoms with Crippen LogP contribution in [-0.4, -0.2) is 54.7 Å². The van der Waals surface area contributed by atoms with Crippen LogP contribution >= 0.6 is 0 Å². The Kier molecular flexibility index (Phi) is 4.58. The molecule has 0 amide bonds. The zero-order valence-corrected chi connectivity index (χ0v) is 16.7. The normalized spacial score (nSPS) is 19.0. The molecule has 2 N–H and O–H groups in total. The zero-order chi connectivity index (χ0) is 20.8. The lowest BCUT2D eigenvalue weighted by molar-refractivity contribution is 0.127. The van der Waals surface area contributed by atoms with E-state index in [1.165, 1.54) is 4.57 Å². The lowest BCUT2D eigenvalue weighted by Gasteiger charge is -2.35. The summed E-state index contributed by atoms with van der Waals surface area (Å²) in [5.74, 6) is 1.11. The molecule has 0 spiro atoms. The minimum Gasteiger partial charge on any atom is -0.350 e. The molecule has 0 saturated heterocycles. The molecule has 0 atom stereocenters. The Balaban J connectivity index is 1.46. The molecule has 5 rings (SSSR count). The molecule has 30 heavy (non-hydrogen) atoms. The molecular formula is C20H22F2N8. The van der Waals surface area contributed by atoms with Gasteiger partial charge in [0.05, 0.1) is 23.8 Å². The fourth-order valence-corrected chi connectivity index (χ4v) is 4.00. The van der Waals surface area contributed by atoms with E-state index in [-0.39, 0.29) is 0 Å². The van der Waals surface area contributed by atoms with Crippen molar-refractivity contribution in [3.63, 3.8) is 0 Å². The number of fused-ring (bicyclic) bond motifs is 2. The molecule has 0 aromatic carbocycles. The van der Waals surface area contributed by atoms with E-state index in [9.17, 15) is 8.78 Å². The van der Waals surface area contributed by atoms with Gasteiger partial charge in [-0.2, -0.15) is 0 Å². The maximum Gasteiger partial charge on any atom is 0.256 e. The van der Waals surface area contributed by atoms with E-state index < -0.39 is 13.0 Å². The number of aromatic nitrogens is 6. The molecular weight excluding hydrogens is 390 g/mol. The molecule has 10 heteroatoms. The first kappa shape index (κ1) is 18.9. The Morgan fingerprint density at radius 1 is 1.17 bits per heavy atom. The van der Waals surface area contributed by atoms with Crippen LogP contribution in [0.1, 0.15) is 18.7 Å². The summed E-state index contributed by atoms with van der Waals surface area (Å²) in [4.78, 5) is 13.1. The van der Waals surface area contributed by atoms with E-state index in [1.54, 1.807) is 23.8 Å². The Morgan fingerprint density at radius 3 is 2.77 bits per heavy atom. The van der Waals surface area contributed by atoms with Gasteiger partial charge in [-0.15, -0.1) is 5.10 Å². The first-order chi connectivity index (χ1) is 14.5. The van der Waals surface area contributed by atoms with E-state index in [0.717, 1.165) is 29.5 Å². The van der Waals surface area contributed by atoms with Crippen LogP contribution in [0.2, 0.25) is 0 Å². The van der Waals surface area contributed by atoms with Gasteiger partial charge in [0.1, 0.15) is 5.82 Å². The van der Waals surface area contributed by atoms with Crippen molar-refractivity contribution in [2.45, 2.75) is 44.8 Å². The summed E-state index contributed by atoms with van der Waals surface area (Å²) < 4.78 is 29.3. The van der Waals surface area contributed by atoms with Crippen molar-refractivity contribution in [3.8, 4) is 11.1 Å². The fourth-order valence-electron chi connectivity index (χ4n) is 4.00. The number of hydrogen-bond donors (Lipinski definition) is 2. The Bertz CT molecular complexity index is 1210. The molecule has 4 aromatic heterocycles. The molecule has 8 nitrogen and oxygen atoms in total. The average molecular weight is 412 g/mol. The molecule has 0 radical (unpaired) electrons. The summed E-state index contributed by atoms with van der Waals surface area (Å²) in [7, 11) is 1.97. The van der Waals surface area contributed by atoms with Gasteiger partial charge in [0.15, 0.2) is 5.65 Å². The van der Waals surface area contributed by atoms with Crippen LogP contribution in [0.5, 0.6) is 0 Å². The highest BCUT2D eigenvalue weighted by Gasteiger charge is 2.28. The van der Waals surface area contributed by atoms with E-state index >= 15 is 0 Å². The highest BCUT2D eigenvalue weighted by molar-refractivity contribution is 5.85. The van der Waals surface area contributed by atoms with Gasteiger partial charge in [-0.3, -0.25) is 0 Å². The first-order valence-corrected chi connectivity index (χ1v) is 9.91. The molecule has 1 saturated carbocycles.